The second kappa shape index (κ2) is 7.71. The van der Waals surface area contributed by atoms with Crippen LogP contribution in [0.2, 0.25) is 0 Å². The Labute approximate surface area is 104 Å². The Morgan fingerprint density at radius 1 is 1.29 bits per heavy atom. The van der Waals surface area contributed by atoms with Crippen LogP contribution in [0.1, 0.15) is 32.3 Å². The van der Waals surface area contributed by atoms with Crippen molar-refractivity contribution in [3.05, 3.63) is 35.9 Å². The number of hydrogen-bond acceptors (Lipinski definition) is 1. The maximum absolute atomic E-state index is 11.4. The summed E-state index contributed by atoms with van der Waals surface area (Å²) in [6.07, 6.45) is 2.93. The van der Waals surface area contributed by atoms with Gasteiger partial charge in [-0.1, -0.05) is 37.3 Å². The minimum absolute atomic E-state index is 0.0626. The van der Waals surface area contributed by atoms with E-state index in [1.54, 1.807) is 0 Å². The van der Waals surface area contributed by atoms with Crippen molar-refractivity contribution in [1.29, 1.82) is 0 Å². The van der Waals surface area contributed by atoms with Gasteiger partial charge in [0.1, 0.15) is 0 Å². The number of aryl methyl sites for hydroxylation is 1. The highest BCUT2D eigenvalue weighted by Crippen LogP contribution is 2.01. The fraction of sp³-hybridized carbons (Fsp3) is 0.500. The first-order valence-corrected chi connectivity index (χ1v) is 6.30. The van der Waals surface area contributed by atoms with E-state index < -0.39 is 0 Å². The van der Waals surface area contributed by atoms with Crippen molar-refractivity contribution in [3.63, 3.8) is 0 Å². The number of carbonyl (C=O) groups is 1. The van der Waals surface area contributed by atoms with Crippen molar-refractivity contribution in [1.82, 2.24) is 10.6 Å². The smallest absolute Gasteiger partial charge is 0.314 e. The van der Waals surface area contributed by atoms with Gasteiger partial charge in [0.2, 0.25) is 0 Å². The lowest BCUT2D eigenvalue weighted by atomic mass is 10.1. The third-order valence-corrected chi connectivity index (χ3v) is 2.76. The number of hydrogen-bond donors (Lipinski definition) is 2. The lowest BCUT2D eigenvalue weighted by Crippen LogP contribution is -2.40. The predicted molar refractivity (Wildman–Crippen MR) is 71.1 cm³/mol. The van der Waals surface area contributed by atoms with Crippen molar-refractivity contribution in [3.8, 4) is 0 Å². The molecular weight excluding hydrogens is 212 g/mol. The van der Waals surface area contributed by atoms with E-state index in [1.807, 2.05) is 25.1 Å². The van der Waals surface area contributed by atoms with E-state index in [4.69, 9.17) is 0 Å². The summed E-state index contributed by atoms with van der Waals surface area (Å²) in [6, 6.07) is 10.5. The molecule has 1 aromatic carbocycles. The summed E-state index contributed by atoms with van der Waals surface area (Å²) in [7, 11) is 0. The average Bonchev–Trinajstić information content (AvgIpc) is 2.36. The van der Waals surface area contributed by atoms with Gasteiger partial charge in [-0.3, -0.25) is 0 Å². The highest BCUT2D eigenvalue weighted by Gasteiger charge is 2.03. The molecule has 0 unspecified atom stereocenters. The molecule has 2 amide bonds. The van der Waals surface area contributed by atoms with Gasteiger partial charge < -0.3 is 10.6 Å². The van der Waals surface area contributed by atoms with Gasteiger partial charge in [0.25, 0.3) is 0 Å². The summed E-state index contributed by atoms with van der Waals surface area (Å²) >= 11 is 0. The van der Waals surface area contributed by atoms with Crippen molar-refractivity contribution < 1.29 is 4.79 Å². The Kier molecular flexibility index (Phi) is 6.15. The molecule has 0 saturated heterocycles. The van der Waals surface area contributed by atoms with Crippen LogP contribution in [-0.4, -0.2) is 18.6 Å². The maximum Gasteiger partial charge on any atom is 0.314 e. The van der Waals surface area contributed by atoms with Gasteiger partial charge in [0.05, 0.1) is 0 Å². The first-order chi connectivity index (χ1) is 8.22. The van der Waals surface area contributed by atoms with Crippen LogP contribution in [0, 0.1) is 0 Å². The molecule has 0 aromatic heterocycles. The zero-order valence-electron chi connectivity index (χ0n) is 10.7. The monoisotopic (exact) mass is 234 g/mol. The van der Waals surface area contributed by atoms with Crippen LogP contribution in [-0.2, 0) is 6.42 Å². The molecule has 17 heavy (non-hydrogen) atoms. The molecule has 0 aliphatic heterocycles. The van der Waals surface area contributed by atoms with E-state index in [0.29, 0.717) is 0 Å². The summed E-state index contributed by atoms with van der Waals surface area (Å²) < 4.78 is 0. The van der Waals surface area contributed by atoms with Gasteiger partial charge >= 0.3 is 6.03 Å². The number of benzene rings is 1. The summed E-state index contributed by atoms with van der Waals surface area (Å²) in [4.78, 5) is 11.4. The van der Waals surface area contributed by atoms with Crippen LogP contribution in [0.3, 0.4) is 0 Å². The van der Waals surface area contributed by atoms with Crippen molar-refractivity contribution >= 4 is 6.03 Å². The van der Waals surface area contributed by atoms with E-state index >= 15 is 0 Å². The average molecular weight is 234 g/mol. The Bertz CT molecular complexity index is 324. The number of amides is 2. The lowest BCUT2D eigenvalue weighted by molar-refractivity contribution is 0.237. The molecule has 3 nitrogen and oxygen atoms in total. The van der Waals surface area contributed by atoms with E-state index in [9.17, 15) is 4.79 Å². The Morgan fingerprint density at radius 3 is 2.65 bits per heavy atom. The summed E-state index contributed by atoms with van der Waals surface area (Å²) in [5.41, 5.74) is 1.32. The van der Waals surface area contributed by atoms with Crippen molar-refractivity contribution in [2.24, 2.45) is 0 Å². The SMILES string of the molecule is CC[C@H](C)NC(=O)NCCCc1ccccc1. The Morgan fingerprint density at radius 2 is 2.00 bits per heavy atom. The zero-order valence-corrected chi connectivity index (χ0v) is 10.7. The summed E-state index contributed by atoms with van der Waals surface area (Å²) in [5, 5.41) is 5.75. The normalized spacial score (nSPS) is 11.9. The molecule has 94 valence electrons. The summed E-state index contributed by atoms with van der Waals surface area (Å²) in [5.74, 6) is 0. The van der Waals surface area contributed by atoms with Gasteiger partial charge in [-0.15, -0.1) is 0 Å². The molecule has 0 fully saturated rings. The lowest BCUT2D eigenvalue weighted by Gasteiger charge is -2.12. The van der Waals surface area contributed by atoms with Gasteiger partial charge in [0, 0.05) is 12.6 Å². The number of carbonyl (C=O) groups excluding carboxylic acids is 1. The quantitative estimate of drug-likeness (QED) is 0.730. The largest absolute Gasteiger partial charge is 0.338 e. The molecule has 0 spiro atoms. The van der Waals surface area contributed by atoms with Gasteiger partial charge in [0.15, 0.2) is 0 Å². The topological polar surface area (TPSA) is 41.1 Å². The number of rotatable bonds is 6. The molecule has 1 atom stereocenters. The first-order valence-electron chi connectivity index (χ1n) is 6.30. The first kappa shape index (κ1) is 13.6. The predicted octanol–water partition coefficient (Wildman–Crippen LogP) is 2.72. The molecule has 1 aromatic rings. The second-order valence-corrected chi connectivity index (χ2v) is 4.30. The number of nitrogens with one attached hydrogen (secondary N) is 2. The van der Waals surface area contributed by atoms with Crippen LogP contribution in [0.25, 0.3) is 0 Å². The molecule has 3 heteroatoms. The zero-order chi connectivity index (χ0) is 12.5. The van der Waals surface area contributed by atoms with E-state index in [2.05, 4.69) is 29.7 Å². The molecule has 2 N–H and O–H groups in total. The minimum atomic E-state index is -0.0626. The molecule has 0 radical (unpaired) electrons. The van der Waals surface area contributed by atoms with Crippen LogP contribution in [0.5, 0.6) is 0 Å². The summed E-state index contributed by atoms with van der Waals surface area (Å²) in [6.45, 7) is 4.78. The van der Waals surface area contributed by atoms with E-state index in [0.717, 1.165) is 25.8 Å². The Hall–Kier alpha value is -1.51. The third kappa shape index (κ3) is 5.95. The standard InChI is InChI=1S/C14H22N2O/c1-3-12(2)16-14(17)15-11-7-10-13-8-5-4-6-9-13/h4-6,8-9,12H,3,7,10-11H2,1-2H3,(H2,15,16,17)/t12-/m0/s1. The maximum atomic E-state index is 11.4. The van der Waals surface area contributed by atoms with Crippen LogP contribution in [0.4, 0.5) is 4.79 Å². The fourth-order valence-corrected chi connectivity index (χ4v) is 1.52. The van der Waals surface area contributed by atoms with Gasteiger partial charge in [-0.05, 0) is 31.7 Å². The van der Waals surface area contributed by atoms with Crippen LogP contribution >= 0.6 is 0 Å². The molecule has 0 saturated carbocycles. The second-order valence-electron chi connectivity index (χ2n) is 4.30. The van der Waals surface area contributed by atoms with Gasteiger partial charge in [-0.2, -0.15) is 0 Å². The molecular formula is C14H22N2O. The molecule has 0 aliphatic carbocycles. The minimum Gasteiger partial charge on any atom is -0.338 e. The fourth-order valence-electron chi connectivity index (χ4n) is 1.52. The molecule has 0 aliphatic rings. The van der Waals surface area contributed by atoms with Crippen molar-refractivity contribution in [2.75, 3.05) is 6.54 Å². The van der Waals surface area contributed by atoms with Crippen LogP contribution in [0.15, 0.2) is 30.3 Å². The van der Waals surface area contributed by atoms with Crippen LogP contribution < -0.4 is 10.6 Å². The highest BCUT2D eigenvalue weighted by atomic mass is 16.2. The van der Waals surface area contributed by atoms with Crippen molar-refractivity contribution in [2.45, 2.75) is 39.2 Å². The van der Waals surface area contributed by atoms with E-state index in [1.165, 1.54) is 5.56 Å². The third-order valence-electron chi connectivity index (χ3n) is 2.76. The van der Waals surface area contributed by atoms with E-state index in [-0.39, 0.29) is 12.1 Å². The number of urea groups is 1. The Balaban J connectivity index is 2.10. The molecule has 0 heterocycles. The molecule has 1 rings (SSSR count). The van der Waals surface area contributed by atoms with Gasteiger partial charge in [-0.25, -0.2) is 4.79 Å². The molecule has 0 bridgehead atoms. The highest BCUT2D eigenvalue weighted by molar-refractivity contribution is 5.74.